The summed E-state index contributed by atoms with van der Waals surface area (Å²) in [4.78, 5) is 0. The van der Waals surface area contributed by atoms with E-state index in [1.165, 1.54) is 18.2 Å². The van der Waals surface area contributed by atoms with Crippen molar-refractivity contribution in [3.63, 3.8) is 0 Å². The summed E-state index contributed by atoms with van der Waals surface area (Å²) in [5.41, 5.74) is 0.859. The van der Waals surface area contributed by atoms with Gasteiger partial charge in [0.25, 0.3) is 0 Å². The maximum atomic E-state index is 13.5. The number of benzene rings is 2. The van der Waals surface area contributed by atoms with E-state index in [0.717, 1.165) is 17.7 Å². The molecule has 2 aromatic rings. The van der Waals surface area contributed by atoms with Gasteiger partial charge in [-0.1, -0.05) is 18.2 Å². The third-order valence-corrected chi connectivity index (χ3v) is 3.31. The molecule has 0 spiro atoms. The number of methoxy groups -OCH3 is 1. The highest BCUT2D eigenvalue weighted by Gasteiger charge is 2.09. The summed E-state index contributed by atoms with van der Waals surface area (Å²) in [6.45, 7) is 0.550. The minimum atomic E-state index is -0.681. The lowest BCUT2D eigenvalue weighted by molar-refractivity contribution is 0.414. The predicted molar refractivity (Wildman–Crippen MR) is 87.3 cm³/mol. The second-order valence-electron chi connectivity index (χ2n) is 4.58. The monoisotopic (exact) mass is 322 g/mol. The summed E-state index contributed by atoms with van der Waals surface area (Å²) >= 11 is 5.03. The lowest BCUT2D eigenvalue weighted by Crippen LogP contribution is -2.30. The van der Waals surface area contributed by atoms with Gasteiger partial charge in [0.15, 0.2) is 5.11 Å². The topological polar surface area (TPSA) is 33.3 Å². The van der Waals surface area contributed by atoms with Gasteiger partial charge >= 0.3 is 0 Å². The molecule has 0 heterocycles. The molecule has 0 bridgehead atoms. The number of thiocarbonyl (C=S) groups is 1. The van der Waals surface area contributed by atoms with Gasteiger partial charge in [-0.2, -0.15) is 0 Å². The number of rotatable bonds is 5. The van der Waals surface area contributed by atoms with Crippen LogP contribution in [0.1, 0.15) is 5.56 Å². The van der Waals surface area contributed by atoms with Gasteiger partial charge in [0, 0.05) is 6.54 Å². The molecule has 3 nitrogen and oxygen atoms in total. The number of ether oxygens (including phenoxy) is 1. The number of halogens is 2. The zero-order valence-electron chi connectivity index (χ0n) is 12.0. The van der Waals surface area contributed by atoms with E-state index in [0.29, 0.717) is 6.54 Å². The average molecular weight is 322 g/mol. The van der Waals surface area contributed by atoms with Crippen molar-refractivity contribution >= 4 is 23.0 Å². The molecule has 2 aromatic carbocycles. The third-order valence-electron chi connectivity index (χ3n) is 3.06. The average Bonchev–Trinajstić information content (AvgIpc) is 2.52. The van der Waals surface area contributed by atoms with Gasteiger partial charge in [0.2, 0.25) is 0 Å². The van der Waals surface area contributed by atoms with Crippen LogP contribution in [0.4, 0.5) is 14.5 Å². The number of hydrogen-bond donors (Lipinski definition) is 2. The number of hydrogen-bond acceptors (Lipinski definition) is 2. The normalized spacial score (nSPS) is 10.1. The Kier molecular flexibility index (Phi) is 5.66. The van der Waals surface area contributed by atoms with Gasteiger partial charge in [-0.15, -0.1) is 0 Å². The Balaban J connectivity index is 1.82. The van der Waals surface area contributed by atoms with E-state index in [4.69, 9.17) is 17.0 Å². The number of nitrogens with one attached hydrogen (secondary N) is 2. The molecule has 0 atom stereocenters. The Morgan fingerprint density at radius 2 is 1.73 bits per heavy atom. The van der Waals surface area contributed by atoms with E-state index in [1.54, 1.807) is 7.11 Å². The van der Waals surface area contributed by atoms with Crippen molar-refractivity contribution in [1.82, 2.24) is 5.32 Å². The van der Waals surface area contributed by atoms with Crippen LogP contribution in [0, 0.1) is 11.6 Å². The maximum absolute atomic E-state index is 13.5. The molecule has 2 N–H and O–H groups in total. The Morgan fingerprint density at radius 1 is 1.09 bits per heavy atom. The van der Waals surface area contributed by atoms with Gasteiger partial charge in [0.05, 0.1) is 7.11 Å². The van der Waals surface area contributed by atoms with Gasteiger partial charge in [0.1, 0.15) is 23.1 Å². The summed E-state index contributed by atoms with van der Waals surface area (Å²) in [5, 5.41) is 5.63. The van der Waals surface area contributed by atoms with Crippen LogP contribution >= 0.6 is 12.2 Å². The van der Waals surface area contributed by atoms with Gasteiger partial charge in [-0.3, -0.25) is 0 Å². The SMILES string of the molecule is COc1ccc(CCNC(=S)Nc2c(F)cccc2F)cc1. The van der Waals surface area contributed by atoms with Crippen LogP contribution in [-0.4, -0.2) is 18.8 Å². The quantitative estimate of drug-likeness (QED) is 0.826. The van der Waals surface area contributed by atoms with E-state index < -0.39 is 11.6 Å². The first-order valence-electron chi connectivity index (χ1n) is 6.72. The van der Waals surface area contributed by atoms with Crippen LogP contribution in [-0.2, 0) is 6.42 Å². The van der Waals surface area contributed by atoms with Gasteiger partial charge in [-0.05, 0) is 48.5 Å². The van der Waals surface area contributed by atoms with Gasteiger partial charge < -0.3 is 15.4 Å². The van der Waals surface area contributed by atoms with Crippen LogP contribution in [0.2, 0.25) is 0 Å². The van der Waals surface area contributed by atoms with Crippen molar-refractivity contribution < 1.29 is 13.5 Å². The highest BCUT2D eigenvalue weighted by atomic mass is 32.1. The minimum Gasteiger partial charge on any atom is -0.497 e. The van der Waals surface area contributed by atoms with Crippen molar-refractivity contribution in [2.24, 2.45) is 0 Å². The predicted octanol–water partition coefficient (Wildman–Crippen LogP) is 3.50. The smallest absolute Gasteiger partial charge is 0.170 e. The van der Waals surface area contributed by atoms with E-state index in [9.17, 15) is 8.78 Å². The van der Waals surface area contributed by atoms with E-state index in [-0.39, 0.29) is 10.8 Å². The molecular weight excluding hydrogens is 306 g/mol. The first-order valence-corrected chi connectivity index (χ1v) is 7.13. The van der Waals surface area contributed by atoms with Crippen LogP contribution in [0.5, 0.6) is 5.75 Å². The summed E-state index contributed by atoms with van der Waals surface area (Å²) in [6.07, 6.45) is 0.728. The maximum Gasteiger partial charge on any atom is 0.170 e. The van der Waals surface area contributed by atoms with E-state index in [2.05, 4.69) is 10.6 Å². The zero-order valence-corrected chi connectivity index (χ0v) is 12.8. The molecule has 2 rings (SSSR count). The van der Waals surface area contributed by atoms with Crippen LogP contribution in [0.3, 0.4) is 0 Å². The Morgan fingerprint density at radius 3 is 2.32 bits per heavy atom. The van der Waals surface area contributed by atoms with Crippen molar-refractivity contribution in [3.8, 4) is 5.75 Å². The Bertz CT molecular complexity index is 627. The molecule has 0 unspecified atom stereocenters. The molecule has 0 aromatic heterocycles. The van der Waals surface area contributed by atoms with Crippen molar-refractivity contribution in [3.05, 3.63) is 59.7 Å². The molecule has 0 saturated carbocycles. The van der Waals surface area contributed by atoms with Crippen molar-refractivity contribution in [2.45, 2.75) is 6.42 Å². The van der Waals surface area contributed by atoms with Crippen LogP contribution in [0.15, 0.2) is 42.5 Å². The first-order chi connectivity index (χ1) is 10.6. The molecule has 0 radical (unpaired) electrons. The molecule has 0 amide bonds. The Labute approximate surface area is 133 Å². The largest absolute Gasteiger partial charge is 0.497 e. The summed E-state index contributed by atoms with van der Waals surface area (Å²) in [6, 6.07) is 11.3. The number of para-hydroxylation sites is 1. The fourth-order valence-corrected chi connectivity index (χ4v) is 2.09. The van der Waals surface area contributed by atoms with E-state index in [1.807, 2.05) is 24.3 Å². The summed E-state index contributed by atoms with van der Waals surface area (Å²) in [5.74, 6) is -0.567. The lowest BCUT2D eigenvalue weighted by atomic mass is 10.1. The molecule has 0 aliphatic heterocycles. The van der Waals surface area contributed by atoms with Crippen molar-refractivity contribution in [2.75, 3.05) is 19.0 Å². The fraction of sp³-hybridized carbons (Fsp3) is 0.188. The third kappa shape index (κ3) is 4.39. The molecule has 0 aliphatic rings. The molecule has 0 fully saturated rings. The lowest BCUT2D eigenvalue weighted by Gasteiger charge is -2.12. The standard InChI is InChI=1S/C16H16F2N2OS/c1-21-12-7-5-11(6-8-12)9-10-19-16(22)20-15-13(17)3-2-4-14(15)18/h2-8H,9-10H2,1H3,(H2,19,20,22). The second-order valence-corrected chi connectivity index (χ2v) is 4.98. The van der Waals surface area contributed by atoms with Gasteiger partial charge in [-0.25, -0.2) is 8.78 Å². The molecule has 116 valence electrons. The molecule has 6 heteroatoms. The Hall–Kier alpha value is -2.21. The molecular formula is C16H16F2N2OS. The zero-order chi connectivity index (χ0) is 15.9. The second kappa shape index (κ2) is 7.70. The molecule has 0 aliphatic carbocycles. The number of anilines is 1. The first kappa shape index (κ1) is 16.2. The summed E-state index contributed by atoms with van der Waals surface area (Å²) in [7, 11) is 1.61. The highest BCUT2D eigenvalue weighted by Crippen LogP contribution is 2.17. The van der Waals surface area contributed by atoms with Crippen LogP contribution < -0.4 is 15.4 Å². The van der Waals surface area contributed by atoms with Crippen LogP contribution in [0.25, 0.3) is 0 Å². The molecule has 22 heavy (non-hydrogen) atoms. The summed E-state index contributed by atoms with van der Waals surface area (Å²) < 4.78 is 32.0. The van der Waals surface area contributed by atoms with E-state index >= 15 is 0 Å². The minimum absolute atomic E-state index is 0.178. The van der Waals surface area contributed by atoms with Crippen molar-refractivity contribution in [1.29, 1.82) is 0 Å². The fourth-order valence-electron chi connectivity index (χ4n) is 1.89. The molecule has 0 saturated heterocycles. The highest BCUT2D eigenvalue weighted by molar-refractivity contribution is 7.80.